The van der Waals surface area contributed by atoms with Crippen molar-refractivity contribution in [2.24, 2.45) is 0 Å². The molecule has 1 aromatic carbocycles. The van der Waals surface area contributed by atoms with Gasteiger partial charge in [0.05, 0.1) is 11.5 Å². The maximum absolute atomic E-state index is 11.4. The lowest BCUT2D eigenvalue weighted by Crippen LogP contribution is -2.08. The fraction of sp³-hybridized carbons (Fsp3) is 0.250. The quantitative estimate of drug-likeness (QED) is 0.633. The summed E-state index contributed by atoms with van der Waals surface area (Å²) in [5.41, 5.74) is 0. The highest BCUT2D eigenvalue weighted by molar-refractivity contribution is 9.10. The molecular weight excluding hydrogens is 292 g/mol. The lowest BCUT2D eigenvalue weighted by atomic mass is 10.4. The molecule has 0 aromatic heterocycles. The predicted molar refractivity (Wildman–Crippen MR) is 58.0 cm³/mol. The molecule has 78 valence electrons. The highest BCUT2D eigenvalue weighted by atomic mass is 79.9. The van der Waals surface area contributed by atoms with Gasteiger partial charge in [0.25, 0.3) is 10.1 Å². The van der Waals surface area contributed by atoms with E-state index in [0.717, 1.165) is 4.47 Å². The van der Waals surface area contributed by atoms with E-state index in [1.54, 1.807) is 12.1 Å². The highest BCUT2D eigenvalue weighted by Crippen LogP contribution is 2.16. The van der Waals surface area contributed by atoms with Gasteiger partial charge in [-0.3, -0.25) is 4.18 Å². The third-order valence-corrected chi connectivity index (χ3v) is 3.43. The summed E-state index contributed by atoms with van der Waals surface area (Å²) in [5, 5.41) is 0. The second-order valence-corrected chi connectivity index (χ2v) is 5.33. The minimum absolute atomic E-state index is 0.0139. The van der Waals surface area contributed by atoms with Crippen LogP contribution in [-0.4, -0.2) is 20.9 Å². The van der Waals surface area contributed by atoms with Crippen LogP contribution in [0.25, 0.3) is 0 Å². The first-order chi connectivity index (χ1) is 6.56. The molecule has 0 saturated heterocycles. The van der Waals surface area contributed by atoms with E-state index in [1.165, 1.54) is 12.1 Å². The fourth-order valence-electron chi connectivity index (χ4n) is 0.811. The van der Waals surface area contributed by atoms with E-state index in [-0.39, 0.29) is 17.4 Å². The van der Waals surface area contributed by atoms with Gasteiger partial charge in [-0.05, 0) is 24.3 Å². The molecule has 1 aromatic rings. The smallest absolute Gasteiger partial charge is 0.265 e. The minimum Gasteiger partial charge on any atom is -0.265 e. The van der Waals surface area contributed by atoms with Crippen molar-refractivity contribution in [2.75, 3.05) is 12.5 Å². The van der Waals surface area contributed by atoms with E-state index >= 15 is 0 Å². The topological polar surface area (TPSA) is 43.4 Å². The zero-order valence-corrected chi connectivity index (χ0v) is 10.3. The average molecular weight is 300 g/mol. The molecule has 0 saturated carbocycles. The van der Waals surface area contributed by atoms with Gasteiger partial charge in [-0.25, -0.2) is 0 Å². The molecule has 3 nitrogen and oxygen atoms in total. The Morgan fingerprint density at radius 3 is 2.36 bits per heavy atom. The van der Waals surface area contributed by atoms with Crippen LogP contribution in [0.4, 0.5) is 0 Å². The Morgan fingerprint density at radius 2 is 1.86 bits per heavy atom. The van der Waals surface area contributed by atoms with Crippen molar-refractivity contribution in [3.63, 3.8) is 0 Å². The molecule has 0 bridgehead atoms. The Labute approximate surface area is 96.3 Å². The third kappa shape index (κ3) is 3.24. The molecule has 0 amide bonds. The molecule has 0 atom stereocenters. The first kappa shape index (κ1) is 12.0. The van der Waals surface area contributed by atoms with Crippen molar-refractivity contribution >= 4 is 37.6 Å². The summed E-state index contributed by atoms with van der Waals surface area (Å²) in [6.45, 7) is -0.0139. The van der Waals surface area contributed by atoms with E-state index in [1.807, 2.05) is 0 Å². The molecule has 0 radical (unpaired) electrons. The van der Waals surface area contributed by atoms with Crippen molar-refractivity contribution in [1.29, 1.82) is 0 Å². The number of rotatable bonds is 4. The summed E-state index contributed by atoms with van der Waals surface area (Å²) in [6, 6.07) is 6.20. The molecule has 6 heteroatoms. The van der Waals surface area contributed by atoms with Gasteiger partial charge >= 0.3 is 0 Å². The summed E-state index contributed by atoms with van der Waals surface area (Å²) < 4.78 is 28.3. The molecule has 0 aliphatic carbocycles. The largest absolute Gasteiger partial charge is 0.297 e. The minimum atomic E-state index is -3.64. The van der Waals surface area contributed by atoms with Gasteiger partial charge in [-0.1, -0.05) is 15.9 Å². The Hall–Kier alpha value is -0.100. The second kappa shape index (κ2) is 5.11. The summed E-state index contributed by atoms with van der Waals surface area (Å²) >= 11 is 8.53. The molecular formula is C8H8BrClO3S. The van der Waals surface area contributed by atoms with Crippen LogP contribution in [0.1, 0.15) is 0 Å². The van der Waals surface area contributed by atoms with Crippen molar-refractivity contribution in [1.82, 2.24) is 0 Å². The third-order valence-electron chi connectivity index (χ3n) is 1.42. The molecule has 0 N–H and O–H groups in total. The van der Waals surface area contributed by atoms with Crippen LogP contribution in [-0.2, 0) is 14.3 Å². The van der Waals surface area contributed by atoms with Crippen molar-refractivity contribution in [3.05, 3.63) is 28.7 Å². The Morgan fingerprint density at radius 1 is 1.29 bits per heavy atom. The van der Waals surface area contributed by atoms with Crippen LogP contribution in [0.3, 0.4) is 0 Å². The molecule has 0 unspecified atom stereocenters. The zero-order chi connectivity index (χ0) is 10.6. The normalized spacial score (nSPS) is 11.6. The van der Waals surface area contributed by atoms with Crippen LogP contribution in [0.2, 0.25) is 0 Å². The van der Waals surface area contributed by atoms with Gasteiger partial charge in [-0.2, -0.15) is 8.42 Å². The molecule has 14 heavy (non-hydrogen) atoms. The lowest BCUT2D eigenvalue weighted by Gasteiger charge is -2.03. The van der Waals surface area contributed by atoms with E-state index in [4.69, 9.17) is 11.6 Å². The van der Waals surface area contributed by atoms with Gasteiger partial charge in [0.2, 0.25) is 0 Å². The van der Waals surface area contributed by atoms with E-state index in [0.29, 0.717) is 0 Å². The monoisotopic (exact) mass is 298 g/mol. The maximum atomic E-state index is 11.4. The summed E-state index contributed by atoms with van der Waals surface area (Å²) in [6.07, 6.45) is 0. The summed E-state index contributed by atoms with van der Waals surface area (Å²) in [4.78, 5) is 0.130. The number of hydrogen-bond donors (Lipinski definition) is 0. The molecule has 0 aliphatic heterocycles. The number of hydrogen-bond acceptors (Lipinski definition) is 3. The Balaban J connectivity index is 2.87. The van der Waals surface area contributed by atoms with Gasteiger partial charge in [0, 0.05) is 10.4 Å². The first-order valence-corrected chi connectivity index (χ1v) is 6.51. The molecule has 0 spiro atoms. The lowest BCUT2D eigenvalue weighted by molar-refractivity contribution is 0.340. The van der Waals surface area contributed by atoms with Crippen molar-refractivity contribution < 1.29 is 12.6 Å². The van der Waals surface area contributed by atoms with Crippen LogP contribution in [0.5, 0.6) is 0 Å². The Kier molecular flexibility index (Phi) is 4.37. The molecule has 0 aliphatic rings. The van der Waals surface area contributed by atoms with E-state index < -0.39 is 10.1 Å². The predicted octanol–water partition coefficient (Wildman–Crippen LogP) is 2.39. The molecule has 0 fully saturated rings. The van der Waals surface area contributed by atoms with Crippen molar-refractivity contribution in [3.8, 4) is 0 Å². The molecule has 1 rings (SSSR count). The number of benzene rings is 1. The van der Waals surface area contributed by atoms with Crippen LogP contribution in [0.15, 0.2) is 33.6 Å². The SMILES string of the molecule is O=S(=O)(OCCCl)c1ccc(Br)cc1. The zero-order valence-electron chi connectivity index (χ0n) is 7.11. The van der Waals surface area contributed by atoms with E-state index in [2.05, 4.69) is 20.1 Å². The van der Waals surface area contributed by atoms with Gasteiger partial charge in [-0.15, -0.1) is 11.6 Å². The maximum Gasteiger partial charge on any atom is 0.297 e. The summed E-state index contributed by atoms with van der Waals surface area (Å²) in [5.74, 6) is 0.149. The molecule has 0 heterocycles. The summed E-state index contributed by atoms with van der Waals surface area (Å²) in [7, 11) is -3.64. The van der Waals surface area contributed by atoms with E-state index in [9.17, 15) is 8.42 Å². The van der Waals surface area contributed by atoms with Gasteiger partial charge < -0.3 is 0 Å². The second-order valence-electron chi connectivity index (χ2n) is 2.42. The van der Waals surface area contributed by atoms with Crippen LogP contribution in [0, 0.1) is 0 Å². The standard InChI is InChI=1S/C8H8BrClO3S/c9-7-1-3-8(4-2-7)14(11,12)13-6-5-10/h1-4H,5-6H2. The van der Waals surface area contributed by atoms with Crippen LogP contribution >= 0.6 is 27.5 Å². The number of halogens is 2. The fourth-order valence-corrected chi connectivity index (χ4v) is 2.15. The Bertz CT molecular complexity index is 388. The average Bonchev–Trinajstić information content (AvgIpc) is 2.16. The first-order valence-electron chi connectivity index (χ1n) is 3.77. The van der Waals surface area contributed by atoms with Gasteiger partial charge in [0.1, 0.15) is 0 Å². The highest BCUT2D eigenvalue weighted by Gasteiger charge is 2.13. The number of alkyl halides is 1. The van der Waals surface area contributed by atoms with Crippen molar-refractivity contribution in [2.45, 2.75) is 4.90 Å². The van der Waals surface area contributed by atoms with Gasteiger partial charge in [0.15, 0.2) is 0 Å². The van der Waals surface area contributed by atoms with Crippen LogP contribution < -0.4 is 0 Å².